The smallest absolute Gasteiger partial charge is 0.333 e. The second kappa shape index (κ2) is 9.89. The molecule has 0 spiro atoms. The van der Waals surface area contributed by atoms with Gasteiger partial charge in [-0.05, 0) is 98.2 Å². The minimum Gasteiger partial charge on any atom is -0.361 e. The number of hydrogen-bond acceptors (Lipinski definition) is 6. The largest absolute Gasteiger partial charge is 0.361 e. The van der Waals surface area contributed by atoms with E-state index in [1.807, 2.05) is 0 Å². The maximum Gasteiger partial charge on any atom is 0.333 e. The van der Waals surface area contributed by atoms with Gasteiger partial charge in [-0.2, -0.15) is 0 Å². The molecule has 0 aliphatic heterocycles. The van der Waals surface area contributed by atoms with Crippen LogP contribution in [0.15, 0.2) is 45.8 Å². The molecular weight excluding hydrogens is 478 g/mol. The average Bonchev–Trinajstić information content (AvgIpc) is 3.59. The van der Waals surface area contributed by atoms with E-state index in [4.69, 9.17) is 4.52 Å². The number of Topliss-reactive ketones (excluding diaryl/α,β-unsaturated/α-hetero) is 1. The van der Waals surface area contributed by atoms with Gasteiger partial charge >= 0.3 is 6.03 Å². The summed E-state index contributed by atoms with van der Waals surface area (Å²) in [6.07, 6.45) is 7.42. The average molecular weight is 508 g/mol. The molecule has 2 aliphatic carbocycles. The minimum absolute atomic E-state index is 0.0130. The Kier molecular flexibility index (Phi) is 6.66. The highest BCUT2D eigenvalue weighted by Gasteiger charge is 2.26. The van der Waals surface area contributed by atoms with Gasteiger partial charge in [0.05, 0.1) is 4.90 Å². The Morgan fingerprint density at radius 1 is 0.972 bits per heavy atom. The molecule has 2 N–H and O–H groups in total. The molecule has 2 amide bonds. The lowest BCUT2D eigenvalue weighted by Gasteiger charge is -2.16. The number of amides is 2. The van der Waals surface area contributed by atoms with E-state index in [-0.39, 0.29) is 10.7 Å². The van der Waals surface area contributed by atoms with Crippen molar-refractivity contribution in [2.24, 2.45) is 0 Å². The van der Waals surface area contributed by atoms with Crippen LogP contribution < -0.4 is 10.0 Å². The van der Waals surface area contributed by atoms with E-state index in [0.717, 1.165) is 60.9 Å². The number of urea groups is 1. The first-order valence-corrected chi connectivity index (χ1v) is 13.8. The van der Waals surface area contributed by atoms with Crippen molar-refractivity contribution in [3.63, 3.8) is 0 Å². The van der Waals surface area contributed by atoms with E-state index in [1.54, 1.807) is 25.1 Å². The van der Waals surface area contributed by atoms with Crippen molar-refractivity contribution in [2.75, 3.05) is 5.32 Å². The van der Waals surface area contributed by atoms with Gasteiger partial charge in [0.15, 0.2) is 5.78 Å². The van der Waals surface area contributed by atoms with Crippen molar-refractivity contribution < 1.29 is 22.5 Å². The lowest BCUT2D eigenvalue weighted by Crippen LogP contribution is -2.35. The van der Waals surface area contributed by atoms with Crippen LogP contribution in [0.25, 0.3) is 0 Å². The third kappa shape index (κ3) is 5.06. The number of aryl methyl sites for hydroxylation is 4. The second-order valence-corrected chi connectivity index (χ2v) is 11.2. The Morgan fingerprint density at radius 3 is 2.25 bits per heavy atom. The molecule has 0 saturated heterocycles. The molecule has 1 heterocycles. The van der Waals surface area contributed by atoms with Crippen molar-refractivity contribution in [3.05, 3.63) is 75.7 Å². The van der Waals surface area contributed by atoms with E-state index in [2.05, 4.69) is 21.3 Å². The van der Waals surface area contributed by atoms with Crippen molar-refractivity contribution >= 4 is 27.5 Å². The van der Waals surface area contributed by atoms with E-state index in [9.17, 15) is 18.0 Å². The molecule has 5 rings (SSSR count). The zero-order chi connectivity index (χ0) is 25.3. The van der Waals surface area contributed by atoms with Gasteiger partial charge in [-0.25, -0.2) is 17.9 Å². The number of nitrogens with one attached hydrogen (secondary N) is 2. The number of ketones is 1. The fourth-order valence-electron chi connectivity index (χ4n) is 5.20. The number of hydrogen-bond donors (Lipinski definition) is 2. The lowest BCUT2D eigenvalue weighted by molar-refractivity contribution is 0.0971. The van der Waals surface area contributed by atoms with E-state index < -0.39 is 16.1 Å². The van der Waals surface area contributed by atoms with Crippen LogP contribution >= 0.6 is 0 Å². The van der Waals surface area contributed by atoms with Gasteiger partial charge in [0.2, 0.25) is 0 Å². The quantitative estimate of drug-likeness (QED) is 0.428. The van der Waals surface area contributed by atoms with Crippen molar-refractivity contribution in [3.8, 4) is 0 Å². The SMILES string of the molecule is Cc1cc(C(=O)CCCc2ccc(S(=O)(=O)NC(=O)Nc3c4c(cc5c3CCC5)CCC4)cc2)no1. The van der Waals surface area contributed by atoms with Gasteiger partial charge in [0.25, 0.3) is 10.0 Å². The predicted octanol–water partition coefficient (Wildman–Crippen LogP) is 4.68. The lowest BCUT2D eigenvalue weighted by atomic mass is 9.99. The van der Waals surface area contributed by atoms with Crippen LogP contribution in [-0.2, 0) is 42.1 Å². The second-order valence-electron chi connectivity index (χ2n) is 9.54. The summed E-state index contributed by atoms with van der Waals surface area (Å²) in [7, 11) is -4.03. The van der Waals surface area contributed by atoms with Gasteiger partial charge in [0, 0.05) is 18.2 Å². The normalized spacial score (nSPS) is 14.4. The fraction of sp³-hybridized carbons (Fsp3) is 0.370. The number of carbonyl (C=O) groups is 2. The number of benzene rings is 2. The van der Waals surface area contributed by atoms with Crippen LogP contribution in [0.5, 0.6) is 0 Å². The molecule has 2 aliphatic rings. The summed E-state index contributed by atoms with van der Waals surface area (Å²) >= 11 is 0. The van der Waals surface area contributed by atoms with Crippen LogP contribution in [0.3, 0.4) is 0 Å². The summed E-state index contributed by atoms with van der Waals surface area (Å²) in [6.45, 7) is 1.73. The van der Waals surface area contributed by atoms with Gasteiger partial charge in [0.1, 0.15) is 11.5 Å². The Hall–Kier alpha value is -3.46. The van der Waals surface area contributed by atoms with Crippen molar-refractivity contribution in [2.45, 2.75) is 69.6 Å². The minimum atomic E-state index is -4.03. The van der Waals surface area contributed by atoms with Crippen molar-refractivity contribution in [1.82, 2.24) is 9.88 Å². The first kappa shape index (κ1) is 24.2. The zero-order valence-corrected chi connectivity index (χ0v) is 21.0. The highest BCUT2D eigenvalue weighted by Crippen LogP contribution is 2.38. The molecule has 0 radical (unpaired) electrons. The fourth-order valence-corrected chi connectivity index (χ4v) is 6.11. The van der Waals surface area contributed by atoms with Gasteiger partial charge in [-0.1, -0.05) is 23.4 Å². The molecule has 0 unspecified atom stereocenters. The number of anilines is 1. The molecule has 36 heavy (non-hydrogen) atoms. The molecule has 0 bridgehead atoms. The third-order valence-corrected chi connectivity index (χ3v) is 8.30. The molecule has 9 heteroatoms. The highest BCUT2D eigenvalue weighted by molar-refractivity contribution is 7.90. The van der Waals surface area contributed by atoms with Crippen LogP contribution in [0, 0.1) is 6.92 Å². The number of nitrogens with zero attached hydrogens (tertiary/aromatic N) is 1. The summed E-state index contributed by atoms with van der Waals surface area (Å²) < 4.78 is 32.8. The van der Waals surface area contributed by atoms with Crippen LogP contribution in [0.4, 0.5) is 10.5 Å². The molecule has 0 atom stereocenters. The summed E-state index contributed by atoms with van der Waals surface area (Å²) in [6, 6.07) is 9.50. The Labute approximate surface area is 210 Å². The van der Waals surface area contributed by atoms with Crippen LogP contribution in [-0.4, -0.2) is 25.4 Å². The van der Waals surface area contributed by atoms with Crippen LogP contribution in [0.2, 0.25) is 0 Å². The highest BCUT2D eigenvalue weighted by atomic mass is 32.2. The molecule has 0 saturated carbocycles. The molecule has 188 valence electrons. The Balaban J connectivity index is 1.19. The standard InChI is InChI=1S/C27H29N3O5S/c1-17-15-24(29-35-17)25(31)10-2-5-18-11-13-21(14-12-18)36(33,34)30-27(32)28-26-22-8-3-6-19(22)16-20-7-4-9-23(20)26/h11-16H,2-10H2,1H3,(H2,28,30,32). The van der Waals surface area contributed by atoms with Gasteiger partial charge in [-0.15, -0.1) is 0 Å². The number of aromatic nitrogens is 1. The number of carbonyl (C=O) groups excluding carboxylic acids is 2. The molecule has 2 aromatic carbocycles. The maximum atomic E-state index is 12.8. The molecule has 8 nitrogen and oxygen atoms in total. The number of sulfonamides is 1. The molecule has 1 aromatic heterocycles. The monoisotopic (exact) mass is 507 g/mol. The zero-order valence-electron chi connectivity index (χ0n) is 20.2. The number of rotatable bonds is 8. The molecule has 3 aromatic rings. The van der Waals surface area contributed by atoms with Crippen molar-refractivity contribution in [1.29, 1.82) is 0 Å². The third-order valence-electron chi connectivity index (χ3n) is 6.96. The maximum absolute atomic E-state index is 12.8. The first-order valence-electron chi connectivity index (χ1n) is 12.4. The molecule has 0 fully saturated rings. The summed E-state index contributed by atoms with van der Waals surface area (Å²) in [5.74, 6) is 0.505. The number of fused-ring (bicyclic) bond motifs is 2. The van der Waals surface area contributed by atoms with Crippen LogP contribution in [0.1, 0.15) is 69.7 Å². The van der Waals surface area contributed by atoms with E-state index in [1.165, 1.54) is 23.3 Å². The predicted molar refractivity (Wildman–Crippen MR) is 135 cm³/mol. The Morgan fingerprint density at radius 2 is 1.64 bits per heavy atom. The van der Waals surface area contributed by atoms with E-state index >= 15 is 0 Å². The topological polar surface area (TPSA) is 118 Å². The Bertz CT molecular complexity index is 1390. The summed E-state index contributed by atoms with van der Waals surface area (Å²) in [5, 5.41) is 6.59. The first-order chi connectivity index (χ1) is 17.3. The summed E-state index contributed by atoms with van der Waals surface area (Å²) in [4.78, 5) is 24.9. The van der Waals surface area contributed by atoms with E-state index in [0.29, 0.717) is 30.7 Å². The molecular formula is C27H29N3O5S. The van der Waals surface area contributed by atoms with Gasteiger partial charge in [-0.3, -0.25) is 4.79 Å². The summed E-state index contributed by atoms with van der Waals surface area (Å²) in [5.41, 5.74) is 6.84. The van der Waals surface area contributed by atoms with Gasteiger partial charge < -0.3 is 9.84 Å².